The first kappa shape index (κ1) is 20.8. The lowest BCUT2D eigenvalue weighted by molar-refractivity contribution is 0.0600. The number of hydrogen-bond acceptors (Lipinski definition) is 4. The van der Waals surface area contributed by atoms with Crippen molar-refractivity contribution in [1.82, 2.24) is 4.98 Å². The van der Waals surface area contributed by atoms with Crippen LogP contribution in [-0.4, -0.2) is 18.1 Å². The van der Waals surface area contributed by atoms with E-state index >= 15 is 0 Å². The van der Waals surface area contributed by atoms with Crippen LogP contribution in [0.1, 0.15) is 21.7 Å². The second-order valence-electron chi connectivity index (χ2n) is 6.92. The normalized spacial score (nSPS) is 11.7. The summed E-state index contributed by atoms with van der Waals surface area (Å²) in [6, 6.07) is 34.5. The van der Waals surface area contributed by atoms with Crippen molar-refractivity contribution in [3.05, 3.63) is 120 Å². The summed E-state index contributed by atoms with van der Waals surface area (Å²) in [4.78, 5) is 16.4. The molecule has 3 aromatic carbocycles. The van der Waals surface area contributed by atoms with Gasteiger partial charge < -0.3 is 10.1 Å². The summed E-state index contributed by atoms with van der Waals surface area (Å²) < 4.78 is 4.86. The van der Waals surface area contributed by atoms with Gasteiger partial charge in [-0.3, -0.25) is 0 Å². The van der Waals surface area contributed by atoms with Crippen molar-refractivity contribution in [3.8, 4) is 0 Å². The highest BCUT2D eigenvalue weighted by atomic mass is 31.1. The van der Waals surface area contributed by atoms with Gasteiger partial charge in [-0.15, -0.1) is 0 Å². The van der Waals surface area contributed by atoms with Gasteiger partial charge in [-0.25, -0.2) is 9.78 Å². The van der Waals surface area contributed by atoms with Crippen LogP contribution in [0.25, 0.3) is 0 Å². The second kappa shape index (κ2) is 10.0. The number of pyridine rings is 1. The van der Waals surface area contributed by atoms with Crippen LogP contribution in [0.3, 0.4) is 0 Å². The Bertz CT molecular complexity index is 1060. The predicted octanol–water partition coefficient (Wildman–Crippen LogP) is 5.11. The van der Waals surface area contributed by atoms with Gasteiger partial charge in [0.05, 0.1) is 18.5 Å². The topological polar surface area (TPSA) is 51.2 Å². The molecule has 4 aromatic rings. The summed E-state index contributed by atoms with van der Waals surface area (Å²) in [5.74, 6) is 0.430. The van der Waals surface area contributed by atoms with Crippen LogP contribution in [0.5, 0.6) is 0 Å². The van der Waals surface area contributed by atoms with Gasteiger partial charge in [0, 0.05) is 6.20 Å². The number of ether oxygens (including phenoxy) is 1. The van der Waals surface area contributed by atoms with Crippen molar-refractivity contribution in [1.29, 1.82) is 0 Å². The van der Waals surface area contributed by atoms with E-state index in [-0.39, 0.29) is 11.8 Å². The molecular formula is C26H23N2O2P. The molecule has 0 spiro atoms. The molecule has 0 saturated carbocycles. The standard InChI is InChI=1S/C26H23N2O2P/c1-30-26(29)21-17-15-20(16-18-21)25(28-24-14-8-9-19-27-24)31(22-10-4-2-5-11-22)23-12-6-3-7-13-23/h2-19,25H,1H3,(H,27,28). The molecule has 4 nitrogen and oxygen atoms in total. The van der Waals surface area contributed by atoms with Crippen molar-refractivity contribution in [3.63, 3.8) is 0 Å². The zero-order valence-corrected chi connectivity index (χ0v) is 18.1. The van der Waals surface area contributed by atoms with E-state index < -0.39 is 7.92 Å². The number of esters is 1. The van der Waals surface area contributed by atoms with Crippen molar-refractivity contribution in [2.75, 3.05) is 12.4 Å². The summed E-state index contributed by atoms with van der Waals surface area (Å²) in [5.41, 5.74) is 1.61. The minimum atomic E-state index is -0.810. The van der Waals surface area contributed by atoms with Crippen LogP contribution >= 0.6 is 7.92 Å². The fourth-order valence-electron chi connectivity index (χ4n) is 3.43. The fourth-order valence-corrected chi connectivity index (χ4v) is 6.04. The van der Waals surface area contributed by atoms with E-state index in [1.54, 1.807) is 6.20 Å². The third-order valence-corrected chi connectivity index (χ3v) is 7.58. The zero-order valence-electron chi connectivity index (χ0n) is 17.2. The lowest BCUT2D eigenvalue weighted by atomic mass is 10.1. The van der Waals surface area contributed by atoms with Gasteiger partial charge in [-0.05, 0) is 48.4 Å². The van der Waals surface area contributed by atoms with Gasteiger partial charge in [-0.2, -0.15) is 0 Å². The number of nitrogens with one attached hydrogen (secondary N) is 1. The van der Waals surface area contributed by atoms with E-state index in [2.05, 4.69) is 58.8 Å². The summed E-state index contributed by atoms with van der Waals surface area (Å²) in [7, 11) is 0.584. The fraction of sp³-hybridized carbons (Fsp3) is 0.0769. The van der Waals surface area contributed by atoms with Crippen LogP contribution in [-0.2, 0) is 4.74 Å². The molecule has 1 heterocycles. The number of anilines is 1. The molecule has 1 N–H and O–H groups in total. The maximum absolute atomic E-state index is 11.9. The smallest absolute Gasteiger partial charge is 0.337 e. The average Bonchev–Trinajstić information content (AvgIpc) is 2.85. The highest BCUT2D eigenvalue weighted by Gasteiger charge is 2.27. The number of methoxy groups -OCH3 is 1. The Balaban J connectivity index is 1.82. The molecule has 0 fully saturated rings. The van der Waals surface area contributed by atoms with E-state index in [0.717, 1.165) is 11.4 Å². The number of nitrogens with zero attached hydrogens (tertiary/aromatic N) is 1. The first-order valence-corrected chi connectivity index (χ1v) is 11.4. The van der Waals surface area contributed by atoms with Crippen molar-refractivity contribution >= 4 is 30.3 Å². The van der Waals surface area contributed by atoms with E-state index in [4.69, 9.17) is 4.74 Å². The van der Waals surface area contributed by atoms with Crippen LogP contribution in [0.4, 0.5) is 5.82 Å². The zero-order chi connectivity index (χ0) is 21.5. The van der Waals surface area contributed by atoms with Crippen molar-refractivity contribution < 1.29 is 9.53 Å². The molecule has 0 radical (unpaired) electrons. The summed E-state index contributed by atoms with van der Waals surface area (Å²) >= 11 is 0. The van der Waals surface area contributed by atoms with Crippen LogP contribution < -0.4 is 15.9 Å². The van der Waals surface area contributed by atoms with E-state index in [9.17, 15) is 4.79 Å². The Labute approximate surface area is 183 Å². The molecule has 5 heteroatoms. The molecule has 31 heavy (non-hydrogen) atoms. The van der Waals surface area contributed by atoms with Crippen molar-refractivity contribution in [2.45, 2.75) is 5.78 Å². The summed E-state index contributed by atoms with van der Waals surface area (Å²) in [6.45, 7) is 0. The number of rotatable bonds is 7. The van der Waals surface area contributed by atoms with E-state index in [1.807, 2.05) is 54.6 Å². The SMILES string of the molecule is COC(=O)c1ccc(C(Nc2ccccn2)P(c2ccccc2)c2ccccc2)cc1. The average molecular weight is 426 g/mol. The molecule has 154 valence electrons. The molecular weight excluding hydrogens is 403 g/mol. The maximum Gasteiger partial charge on any atom is 0.337 e. The molecule has 1 atom stereocenters. The number of benzene rings is 3. The lowest BCUT2D eigenvalue weighted by Crippen LogP contribution is -2.22. The van der Waals surface area contributed by atoms with Gasteiger partial charge in [0.1, 0.15) is 5.82 Å². The van der Waals surface area contributed by atoms with Gasteiger partial charge in [-0.1, -0.05) is 78.9 Å². The van der Waals surface area contributed by atoms with Gasteiger partial charge in [0.15, 0.2) is 0 Å². The minimum absolute atomic E-state index is 0.0404. The van der Waals surface area contributed by atoms with E-state index in [1.165, 1.54) is 17.7 Å². The molecule has 0 bridgehead atoms. The van der Waals surface area contributed by atoms with Gasteiger partial charge in [0.25, 0.3) is 0 Å². The second-order valence-corrected chi connectivity index (χ2v) is 9.21. The van der Waals surface area contributed by atoms with Crippen LogP contribution in [0, 0.1) is 0 Å². The Morgan fingerprint density at radius 2 is 1.39 bits per heavy atom. The molecule has 4 rings (SSSR count). The highest BCUT2D eigenvalue weighted by Crippen LogP contribution is 2.49. The molecule has 1 unspecified atom stereocenters. The van der Waals surface area contributed by atoms with E-state index in [0.29, 0.717) is 5.56 Å². The molecule has 1 aromatic heterocycles. The van der Waals surface area contributed by atoms with Gasteiger partial charge >= 0.3 is 5.97 Å². The van der Waals surface area contributed by atoms with Crippen molar-refractivity contribution in [2.24, 2.45) is 0 Å². The highest BCUT2D eigenvalue weighted by molar-refractivity contribution is 7.73. The summed E-state index contributed by atoms with van der Waals surface area (Å²) in [6.07, 6.45) is 1.78. The largest absolute Gasteiger partial charge is 0.465 e. The maximum atomic E-state index is 11.9. The monoisotopic (exact) mass is 426 g/mol. The molecule has 0 aliphatic rings. The summed E-state index contributed by atoms with van der Waals surface area (Å²) in [5, 5.41) is 6.17. The number of carbonyl (C=O) groups is 1. The minimum Gasteiger partial charge on any atom is -0.465 e. The Hall–Kier alpha value is -3.49. The molecule has 0 aliphatic carbocycles. The quantitative estimate of drug-likeness (QED) is 0.330. The molecule has 0 saturated heterocycles. The molecule has 0 amide bonds. The number of carbonyl (C=O) groups excluding carboxylic acids is 1. The third kappa shape index (κ3) is 4.99. The van der Waals surface area contributed by atoms with Crippen LogP contribution in [0.15, 0.2) is 109 Å². The first-order chi connectivity index (χ1) is 15.3. The first-order valence-electron chi connectivity index (χ1n) is 10.0. The lowest BCUT2D eigenvalue weighted by Gasteiger charge is -2.30. The molecule has 0 aliphatic heterocycles. The Morgan fingerprint density at radius 1 is 0.806 bits per heavy atom. The third-order valence-electron chi connectivity index (χ3n) is 4.92. The Morgan fingerprint density at radius 3 is 1.90 bits per heavy atom. The number of hydrogen-bond donors (Lipinski definition) is 1. The Kier molecular flexibility index (Phi) is 6.71. The van der Waals surface area contributed by atoms with Gasteiger partial charge in [0.2, 0.25) is 0 Å². The predicted molar refractivity (Wildman–Crippen MR) is 127 cm³/mol. The van der Waals surface area contributed by atoms with Crippen LogP contribution in [0.2, 0.25) is 0 Å². The number of aromatic nitrogens is 1.